The van der Waals surface area contributed by atoms with Gasteiger partial charge in [-0.1, -0.05) is 35.3 Å². The molecule has 0 aliphatic heterocycles. The van der Waals surface area contributed by atoms with Crippen LogP contribution in [-0.4, -0.2) is 0 Å². The third-order valence-electron chi connectivity index (χ3n) is 1.27. The van der Waals surface area contributed by atoms with Gasteiger partial charge < -0.3 is 4.74 Å². The van der Waals surface area contributed by atoms with Crippen LogP contribution in [0.25, 0.3) is 0 Å². The van der Waals surface area contributed by atoms with E-state index in [0.717, 1.165) is 11.3 Å². The van der Waals surface area contributed by atoms with Gasteiger partial charge in [-0.2, -0.15) is 0 Å². The molecule has 0 unspecified atom stereocenters. The zero-order valence-corrected chi connectivity index (χ0v) is 8.06. The molecule has 1 aromatic carbocycles. The van der Waals surface area contributed by atoms with E-state index in [0.29, 0.717) is 0 Å². The first-order valence-electron chi connectivity index (χ1n) is 3.43. The maximum Gasteiger partial charge on any atom is 0.141 e. The Labute approximate surface area is 81.6 Å². The second kappa shape index (κ2) is 4.39. The predicted molar refractivity (Wildman–Crippen MR) is 51.6 cm³/mol. The molecule has 0 heterocycles. The van der Waals surface area contributed by atoms with E-state index in [1.54, 1.807) is 0 Å². The maximum absolute atomic E-state index is 5.37. The number of aryl methyl sites for hydroxylation is 1. The van der Waals surface area contributed by atoms with E-state index in [4.69, 9.17) is 27.9 Å². The van der Waals surface area contributed by atoms with Crippen LogP contribution < -0.4 is 4.74 Å². The summed E-state index contributed by atoms with van der Waals surface area (Å²) in [4.78, 5) is 0. The zero-order valence-electron chi connectivity index (χ0n) is 6.55. The first-order chi connectivity index (χ1) is 5.68. The minimum atomic E-state index is 0.108. The third kappa shape index (κ3) is 3.16. The van der Waals surface area contributed by atoms with Gasteiger partial charge >= 0.3 is 0 Å². The molecule has 0 saturated heterocycles. The van der Waals surface area contributed by atoms with Gasteiger partial charge in [0, 0.05) is 0 Å². The topological polar surface area (TPSA) is 9.23 Å². The molecule has 1 rings (SSSR count). The minimum absolute atomic E-state index is 0.108. The Morgan fingerprint density at radius 2 is 2.17 bits per heavy atom. The van der Waals surface area contributed by atoms with Gasteiger partial charge in [0.2, 0.25) is 0 Å². The van der Waals surface area contributed by atoms with Crippen LogP contribution in [0.2, 0.25) is 0 Å². The first-order valence-corrected chi connectivity index (χ1v) is 4.18. The molecule has 12 heavy (non-hydrogen) atoms. The van der Waals surface area contributed by atoms with Crippen LogP contribution >= 0.6 is 23.2 Å². The van der Waals surface area contributed by atoms with E-state index in [2.05, 4.69) is 0 Å². The Bertz CT molecular complexity index is 290. The normalized spacial score (nSPS) is 9.25. The van der Waals surface area contributed by atoms with Crippen LogP contribution in [0.4, 0.5) is 0 Å². The van der Waals surface area contributed by atoms with E-state index in [-0.39, 0.29) is 4.49 Å². The van der Waals surface area contributed by atoms with Crippen molar-refractivity contribution in [2.45, 2.75) is 6.92 Å². The summed E-state index contributed by atoms with van der Waals surface area (Å²) in [6.07, 6.45) is 1.29. The van der Waals surface area contributed by atoms with Crippen LogP contribution in [0.1, 0.15) is 5.56 Å². The molecule has 0 aliphatic carbocycles. The molecule has 0 fully saturated rings. The summed E-state index contributed by atoms with van der Waals surface area (Å²) in [5, 5.41) is 0. The second-order valence-electron chi connectivity index (χ2n) is 2.34. The van der Waals surface area contributed by atoms with Gasteiger partial charge in [-0.25, -0.2) is 0 Å². The largest absolute Gasteiger partial charge is 0.462 e. The monoisotopic (exact) mass is 202 g/mol. The lowest BCUT2D eigenvalue weighted by molar-refractivity contribution is 0.481. The molecule has 0 aromatic heterocycles. The van der Waals surface area contributed by atoms with Gasteiger partial charge in [-0.05, 0) is 24.6 Å². The highest BCUT2D eigenvalue weighted by Gasteiger charge is 1.91. The van der Waals surface area contributed by atoms with Crippen molar-refractivity contribution in [1.82, 2.24) is 0 Å². The Kier molecular flexibility index (Phi) is 3.45. The number of ether oxygens (including phenoxy) is 1. The van der Waals surface area contributed by atoms with Crippen molar-refractivity contribution < 1.29 is 4.74 Å². The fraction of sp³-hybridized carbons (Fsp3) is 0.111. The highest BCUT2D eigenvalue weighted by molar-refractivity contribution is 6.55. The van der Waals surface area contributed by atoms with E-state index in [9.17, 15) is 0 Å². The fourth-order valence-corrected chi connectivity index (χ4v) is 0.890. The third-order valence-corrected chi connectivity index (χ3v) is 1.45. The van der Waals surface area contributed by atoms with Crippen molar-refractivity contribution in [3.63, 3.8) is 0 Å². The summed E-state index contributed by atoms with van der Waals surface area (Å²) in [6.45, 7) is 1.98. The predicted octanol–water partition coefficient (Wildman–Crippen LogP) is 3.65. The van der Waals surface area contributed by atoms with Crippen molar-refractivity contribution in [3.8, 4) is 5.75 Å². The summed E-state index contributed by atoms with van der Waals surface area (Å²) in [5.74, 6) is 0.730. The number of rotatable bonds is 2. The number of hydrogen-bond acceptors (Lipinski definition) is 1. The van der Waals surface area contributed by atoms with Gasteiger partial charge in [0.25, 0.3) is 0 Å². The Morgan fingerprint density at radius 3 is 2.75 bits per heavy atom. The standard InChI is InChI=1S/C9H8Cl2O/c1-7-3-2-4-8(5-7)12-6-9(10)11/h2-6H,1H3. The molecule has 0 aliphatic rings. The highest BCUT2D eigenvalue weighted by atomic mass is 35.5. The number of hydrogen-bond donors (Lipinski definition) is 0. The van der Waals surface area contributed by atoms with Gasteiger partial charge in [0.1, 0.15) is 16.5 Å². The number of benzene rings is 1. The molecule has 0 amide bonds. The average molecular weight is 203 g/mol. The van der Waals surface area contributed by atoms with Gasteiger partial charge in [-0.15, -0.1) is 0 Å². The molecule has 0 radical (unpaired) electrons. The van der Waals surface area contributed by atoms with Crippen molar-refractivity contribution in [2.24, 2.45) is 0 Å². The Hall–Kier alpha value is -0.660. The molecule has 64 valence electrons. The molecule has 3 heteroatoms. The van der Waals surface area contributed by atoms with Crippen molar-refractivity contribution in [2.75, 3.05) is 0 Å². The molecule has 1 aromatic rings. The first kappa shape index (κ1) is 9.43. The Balaban J connectivity index is 2.70. The summed E-state index contributed by atoms with van der Waals surface area (Å²) in [5.41, 5.74) is 1.13. The highest BCUT2D eigenvalue weighted by Crippen LogP contribution is 2.14. The molecule has 0 N–H and O–H groups in total. The summed E-state index contributed by atoms with van der Waals surface area (Å²) in [7, 11) is 0. The molecular weight excluding hydrogens is 195 g/mol. The minimum Gasteiger partial charge on any atom is -0.462 e. The van der Waals surface area contributed by atoms with E-state index in [1.807, 2.05) is 31.2 Å². The second-order valence-corrected chi connectivity index (χ2v) is 3.35. The van der Waals surface area contributed by atoms with Gasteiger partial charge in [-0.3, -0.25) is 0 Å². The van der Waals surface area contributed by atoms with Crippen LogP contribution in [0.15, 0.2) is 35.0 Å². The van der Waals surface area contributed by atoms with Crippen LogP contribution in [-0.2, 0) is 0 Å². The van der Waals surface area contributed by atoms with Crippen LogP contribution in [0.5, 0.6) is 5.75 Å². The lowest BCUT2D eigenvalue weighted by Gasteiger charge is -1.99. The Morgan fingerprint density at radius 1 is 1.42 bits per heavy atom. The van der Waals surface area contributed by atoms with E-state index < -0.39 is 0 Å². The van der Waals surface area contributed by atoms with Crippen molar-refractivity contribution in [1.29, 1.82) is 0 Å². The van der Waals surface area contributed by atoms with E-state index >= 15 is 0 Å². The lowest BCUT2D eigenvalue weighted by atomic mass is 10.2. The molecule has 0 bridgehead atoms. The molecular formula is C9H8Cl2O. The molecule has 0 atom stereocenters. The fourth-order valence-electron chi connectivity index (χ4n) is 0.801. The average Bonchev–Trinajstić information content (AvgIpc) is 2.01. The van der Waals surface area contributed by atoms with Crippen LogP contribution in [0, 0.1) is 6.92 Å². The summed E-state index contributed by atoms with van der Waals surface area (Å²) in [6, 6.07) is 7.62. The van der Waals surface area contributed by atoms with Crippen molar-refractivity contribution >= 4 is 23.2 Å². The molecule has 0 spiro atoms. The zero-order chi connectivity index (χ0) is 8.97. The quantitative estimate of drug-likeness (QED) is 0.666. The molecule has 1 nitrogen and oxygen atoms in total. The lowest BCUT2D eigenvalue weighted by Crippen LogP contribution is -1.82. The van der Waals surface area contributed by atoms with Gasteiger partial charge in [0.15, 0.2) is 0 Å². The molecule has 0 saturated carbocycles. The summed E-state index contributed by atoms with van der Waals surface area (Å²) >= 11 is 10.7. The van der Waals surface area contributed by atoms with Gasteiger partial charge in [0.05, 0.1) is 0 Å². The van der Waals surface area contributed by atoms with E-state index in [1.165, 1.54) is 6.26 Å². The maximum atomic E-state index is 5.37. The summed E-state index contributed by atoms with van der Waals surface area (Å²) < 4.78 is 5.23. The number of halogens is 2. The SMILES string of the molecule is Cc1cccc(OC=C(Cl)Cl)c1. The van der Waals surface area contributed by atoms with Crippen LogP contribution in [0.3, 0.4) is 0 Å². The smallest absolute Gasteiger partial charge is 0.141 e. The van der Waals surface area contributed by atoms with Crippen molar-refractivity contribution in [3.05, 3.63) is 40.6 Å².